The molecule has 2 aromatic rings. The van der Waals surface area contributed by atoms with Gasteiger partial charge in [-0.1, -0.05) is 6.07 Å². The second kappa shape index (κ2) is 4.43. The van der Waals surface area contributed by atoms with E-state index >= 15 is 0 Å². The van der Waals surface area contributed by atoms with Crippen LogP contribution in [0.25, 0.3) is 11.1 Å². The van der Waals surface area contributed by atoms with Crippen molar-refractivity contribution in [3.63, 3.8) is 0 Å². The second-order valence-corrected chi connectivity index (χ2v) is 5.06. The number of benzene rings is 1. The normalized spacial score (nSPS) is 12.0. The van der Waals surface area contributed by atoms with Crippen LogP contribution in [0.5, 0.6) is 0 Å². The number of hydrogen-bond donors (Lipinski definition) is 0. The lowest BCUT2D eigenvalue weighted by atomic mass is 10.0. The van der Waals surface area contributed by atoms with Crippen molar-refractivity contribution in [1.82, 2.24) is 9.88 Å². The minimum Gasteiger partial charge on any atom is -0.441 e. The maximum Gasteiger partial charge on any atom is 0.192 e. The summed E-state index contributed by atoms with van der Waals surface area (Å²) in [5, 5.41) is 9.10. The average molecular weight is 243 g/mol. The Balaban J connectivity index is 2.25. The fraction of sp³-hybridized carbons (Fsp3) is 0.429. The predicted octanol–water partition coefficient (Wildman–Crippen LogP) is 2.87. The van der Waals surface area contributed by atoms with Gasteiger partial charge in [0.15, 0.2) is 11.5 Å². The van der Waals surface area contributed by atoms with Gasteiger partial charge in [0, 0.05) is 13.5 Å². The minimum absolute atomic E-state index is 0.477. The average Bonchev–Trinajstić information content (AvgIpc) is 2.68. The summed E-state index contributed by atoms with van der Waals surface area (Å²) in [7, 11) is 1.95. The molecule has 0 unspecified atom stereocenters. The molecular formula is C14H17N3O. The smallest absolute Gasteiger partial charge is 0.192 e. The fourth-order valence-electron chi connectivity index (χ4n) is 1.74. The highest BCUT2D eigenvalue weighted by Crippen LogP contribution is 2.20. The molecule has 1 heterocycles. The third-order valence-electron chi connectivity index (χ3n) is 3.21. The molecule has 0 amide bonds. The number of rotatable bonds is 3. The molecule has 0 aliphatic rings. The summed E-state index contributed by atoms with van der Waals surface area (Å²) in [5.74, 6) is 0.674. The van der Waals surface area contributed by atoms with Gasteiger partial charge < -0.3 is 4.42 Å². The van der Waals surface area contributed by atoms with Crippen LogP contribution in [-0.2, 0) is 6.54 Å². The number of oxazole rings is 1. The molecule has 4 heteroatoms. The Bertz CT molecular complexity index is 607. The van der Waals surface area contributed by atoms with Crippen LogP contribution in [-0.4, -0.2) is 22.5 Å². The second-order valence-electron chi connectivity index (χ2n) is 5.06. The van der Waals surface area contributed by atoms with Crippen LogP contribution >= 0.6 is 0 Å². The number of fused-ring (bicyclic) bond motifs is 1. The molecule has 1 aromatic carbocycles. The third-order valence-corrected chi connectivity index (χ3v) is 3.21. The largest absolute Gasteiger partial charge is 0.441 e. The van der Waals surface area contributed by atoms with Gasteiger partial charge in [-0.25, -0.2) is 4.98 Å². The molecule has 18 heavy (non-hydrogen) atoms. The molecule has 2 rings (SSSR count). The van der Waals surface area contributed by atoms with Crippen molar-refractivity contribution in [3.8, 4) is 6.07 Å². The zero-order chi connectivity index (χ0) is 13.3. The van der Waals surface area contributed by atoms with Gasteiger partial charge in [0.25, 0.3) is 0 Å². The summed E-state index contributed by atoms with van der Waals surface area (Å²) in [4.78, 5) is 6.33. The molecule has 0 fully saturated rings. The first-order chi connectivity index (χ1) is 8.42. The first kappa shape index (κ1) is 12.6. The van der Waals surface area contributed by atoms with E-state index in [0.717, 1.165) is 16.7 Å². The highest BCUT2D eigenvalue weighted by Gasteiger charge is 2.22. The fourth-order valence-corrected chi connectivity index (χ4v) is 1.74. The van der Waals surface area contributed by atoms with Crippen LogP contribution in [0.3, 0.4) is 0 Å². The molecule has 1 aromatic heterocycles. The standard InChI is InChI=1S/C14H17N3O/c1-10-16-12-7-11(5-6-13(12)18-10)8-17(4)14(2,3)9-15/h5-7H,8H2,1-4H3. The lowest BCUT2D eigenvalue weighted by Crippen LogP contribution is -2.38. The Hall–Kier alpha value is -1.86. The van der Waals surface area contributed by atoms with Crippen LogP contribution in [0, 0.1) is 18.3 Å². The van der Waals surface area contributed by atoms with Gasteiger partial charge in [-0.2, -0.15) is 5.26 Å². The Kier molecular flexibility index (Phi) is 3.10. The summed E-state index contributed by atoms with van der Waals surface area (Å²) < 4.78 is 5.44. The van der Waals surface area contributed by atoms with Crippen LogP contribution in [0.4, 0.5) is 0 Å². The van der Waals surface area contributed by atoms with Crippen molar-refractivity contribution in [2.45, 2.75) is 32.9 Å². The van der Waals surface area contributed by atoms with Crippen molar-refractivity contribution < 1.29 is 4.42 Å². The molecule has 0 spiro atoms. The number of nitriles is 1. The maximum absolute atomic E-state index is 9.10. The molecule has 0 bridgehead atoms. The molecule has 4 nitrogen and oxygen atoms in total. The zero-order valence-electron chi connectivity index (χ0n) is 11.2. The van der Waals surface area contributed by atoms with E-state index in [0.29, 0.717) is 12.4 Å². The van der Waals surface area contributed by atoms with Crippen molar-refractivity contribution in [3.05, 3.63) is 29.7 Å². The summed E-state index contributed by atoms with van der Waals surface area (Å²) >= 11 is 0. The molecule has 94 valence electrons. The first-order valence-electron chi connectivity index (χ1n) is 5.91. The summed E-state index contributed by atoms with van der Waals surface area (Å²) in [6.45, 7) is 6.37. The SMILES string of the molecule is Cc1nc2cc(CN(C)C(C)(C)C#N)ccc2o1. The van der Waals surface area contributed by atoms with Crippen molar-refractivity contribution in [2.24, 2.45) is 0 Å². The van der Waals surface area contributed by atoms with Gasteiger partial charge in [-0.15, -0.1) is 0 Å². The predicted molar refractivity (Wildman–Crippen MR) is 69.9 cm³/mol. The van der Waals surface area contributed by atoms with Gasteiger partial charge >= 0.3 is 0 Å². The monoisotopic (exact) mass is 243 g/mol. The van der Waals surface area contributed by atoms with E-state index in [2.05, 4.69) is 11.1 Å². The molecule has 0 aliphatic heterocycles. The van der Waals surface area contributed by atoms with Gasteiger partial charge in [0.1, 0.15) is 11.1 Å². The van der Waals surface area contributed by atoms with E-state index in [1.807, 2.05) is 50.9 Å². The number of hydrogen-bond acceptors (Lipinski definition) is 4. The van der Waals surface area contributed by atoms with Crippen molar-refractivity contribution in [2.75, 3.05) is 7.05 Å². The maximum atomic E-state index is 9.10. The molecular weight excluding hydrogens is 226 g/mol. The Morgan fingerprint density at radius 3 is 2.83 bits per heavy atom. The zero-order valence-corrected chi connectivity index (χ0v) is 11.2. The van der Waals surface area contributed by atoms with Crippen LogP contribution < -0.4 is 0 Å². The highest BCUT2D eigenvalue weighted by atomic mass is 16.3. The Morgan fingerprint density at radius 2 is 2.17 bits per heavy atom. The lowest BCUT2D eigenvalue weighted by Gasteiger charge is -2.28. The number of aromatic nitrogens is 1. The van der Waals surface area contributed by atoms with Crippen LogP contribution in [0.1, 0.15) is 25.3 Å². The van der Waals surface area contributed by atoms with Crippen LogP contribution in [0.15, 0.2) is 22.6 Å². The summed E-state index contributed by atoms with van der Waals surface area (Å²) in [6.07, 6.45) is 0. The topological polar surface area (TPSA) is 53.1 Å². The van der Waals surface area contributed by atoms with E-state index in [1.54, 1.807) is 0 Å². The van der Waals surface area contributed by atoms with E-state index in [-0.39, 0.29) is 0 Å². The van der Waals surface area contributed by atoms with E-state index in [4.69, 9.17) is 9.68 Å². The minimum atomic E-state index is -0.477. The lowest BCUT2D eigenvalue weighted by molar-refractivity contribution is 0.203. The van der Waals surface area contributed by atoms with Gasteiger partial charge in [-0.3, -0.25) is 4.90 Å². The van der Waals surface area contributed by atoms with E-state index in [9.17, 15) is 0 Å². The molecule has 0 atom stereocenters. The first-order valence-corrected chi connectivity index (χ1v) is 5.91. The molecule has 0 radical (unpaired) electrons. The van der Waals surface area contributed by atoms with Gasteiger partial charge in [0.2, 0.25) is 0 Å². The summed E-state index contributed by atoms with van der Waals surface area (Å²) in [6, 6.07) is 8.24. The Morgan fingerprint density at radius 1 is 1.44 bits per heavy atom. The molecule has 0 aliphatic carbocycles. The van der Waals surface area contributed by atoms with Crippen molar-refractivity contribution in [1.29, 1.82) is 5.26 Å². The van der Waals surface area contributed by atoms with E-state index in [1.165, 1.54) is 0 Å². The third kappa shape index (κ3) is 2.36. The van der Waals surface area contributed by atoms with E-state index < -0.39 is 5.54 Å². The van der Waals surface area contributed by atoms with Gasteiger partial charge in [0.05, 0.1) is 6.07 Å². The van der Waals surface area contributed by atoms with Crippen molar-refractivity contribution >= 4 is 11.1 Å². The number of nitrogens with zero attached hydrogens (tertiary/aromatic N) is 3. The molecule has 0 N–H and O–H groups in total. The summed E-state index contributed by atoms with van der Waals surface area (Å²) in [5.41, 5.74) is 2.32. The quantitative estimate of drug-likeness (QED) is 0.831. The molecule has 0 saturated carbocycles. The highest BCUT2D eigenvalue weighted by molar-refractivity contribution is 5.73. The van der Waals surface area contributed by atoms with Crippen LogP contribution in [0.2, 0.25) is 0 Å². The molecule has 0 saturated heterocycles. The number of aryl methyl sites for hydroxylation is 1. The van der Waals surface area contributed by atoms with Gasteiger partial charge in [-0.05, 0) is 38.6 Å². The Labute approximate surface area is 107 Å².